The van der Waals surface area contributed by atoms with E-state index < -0.39 is 46.7 Å². The SMILES string of the molecule is COS(=O)(=O)c1cccc(OS(C)(=O)=O)c1OS(=O)(=O)c1ccccc1. The molecule has 0 saturated carbocycles. The smallest absolute Gasteiger partial charge is 0.339 e. The highest BCUT2D eigenvalue weighted by Gasteiger charge is 2.29. The Morgan fingerprint density at radius 1 is 0.731 bits per heavy atom. The lowest BCUT2D eigenvalue weighted by Crippen LogP contribution is -2.15. The molecule has 0 amide bonds. The van der Waals surface area contributed by atoms with E-state index in [0.717, 1.165) is 25.3 Å². The van der Waals surface area contributed by atoms with Gasteiger partial charge in [0.1, 0.15) is 9.79 Å². The second kappa shape index (κ2) is 7.23. The van der Waals surface area contributed by atoms with Crippen molar-refractivity contribution in [1.29, 1.82) is 0 Å². The van der Waals surface area contributed by atoms with Crippen LogP contribution in [-0.2, 0) is 34.5 Å². The number of para-hydroxylation sites is 1. The fourth-order valence-corrected chi connectivity index (χ4v) is 4.12. The van der Waals surface area contributed by atoms with Gasteiger partial charge in [-0.05, 0) is 24.3 Å². The first-order valence-corrected chi connectivity index (χ1v) is 11.4. The molecule has 0 spiro atoms. The maximum absolute atomic E-state index is 12.4. The fourth-order valence-electron chi connectivity index (χ4n) is 1.84. The third-order valence-corrected chi connectivity index (χ3v) is 5.91. The molecule has 0 bridgehead atoms. The van der Waals surface area contributed by atoms with Crippen molar-refractivity contribution < 1.29 is 37.8 Å². The molecular weight excluding hydrogens is 408 g/mol. The predicted octanol–water partition coefficient (Wildman–Crippen LogP) is 1.13. The van der Waals surface area contributed by atoms with Gasteiger partial charge < -0.3 is 8.37 Å². The highest BCUT2D eigenvalue weighted by molar-refractivity contribution is 7.88. The van der Waals surface area contributed by atoms with Crippen LogP contribution in [0.25, 0.3) is 0 Å². The van der Waals surface area contributed by atoms with Crippen molar-refractivity contribution >= 4 is 30.4 Å². The Kier molecular flexibility index (Phi) is 5.61. The van der Waals surface area contributed by atoms with Crippen molar-refractivity contribution in [2.24, 2.45) is 0 Å². The van der Waals surface area contributed by atoms with Crippen LogP contribution in [0, 0.1) is 0 Å². The zero-order valence-corrected chi connectivity index (χ0v) is 16.0. The predicted molar refractivity (Wildman–Crippen MR) is 90.4 cm³/mol. The summed E-state index contributed by atoms with van der Waals surface area (Å²) in [6.07, 6.45) is 0.708. The Hall–Kier alpha value is -2.15. The molecule has 0 unspecified atom stereocenters. The zero-order valence-electron chi connectivity index (χ0n) is 13.5. The maximum Gasteiger partial charge on any atom is 0.339 e. The number of hydrogen-bond donors (Lipinski definition) is 0. The maximum atomic E-state index is 12.4. The van der Waals surface area contributed by atoms with Crippen molar-refractivity contribution in [2.75, 3.05) is 13.4 Å². The third kappa shape index (κ3) is 4.72. The lowest BCUT2D eigenvalue weighted by Gasteiger charge is -2.14. The second-order valence-electron chi connectivity index (χ2n) is 4.84. The number of hydrogen-bond acceptors (Lipinski definition) is 9. The monoisotopic (exact) mass is 422 g/mol. The second-order valence-corrected chi connectivity index (χ2v) is 9.64. The molecule has 142 valence electrons. The van der Waals surface area contributed by atoms with Crippen LogP contribution in [0.4, 0.5) is 0 Å². The van der Waals surface area contributed by atoms with Gasteiger partial charge in [0.05, 0.1) is 13.4 Å². The Labute approximate surface area is 151 Å². The topological polar surface area (TPSA) is 130 Å². The van der Waals surface area contributed by atoms with Gasteiger partial charge in [-0.2, -0.15) is 25.3 Å². The summed E-state index contributed by atoms with van der Waals surface area (Å²) in [5.41, 5.74) is 0. The van der Waals surface area contributed by atoms with E-state index in [0.29, 0.717) is 6.26 Å². The highest BCUT2D eigenvalue weighted by atomic mass is 32.2. The summed E-state index contributed by atoms with van der Waals surface area (Å²) in [6, 6.07) is 10.1. The van der Waals surface area contributed by atoms with Gasteiger partial charge >= 0.3 is 30.4 Å². The van der Waals surface area contributed by atoms with Crippen LogP contribution in [0.15, 0.2) is 58.3 Å². The van der Waals surface area contributed by atoms with E-state index in [1.165, 1.54) is 24.3 Å². The van der Waals surface area contributed by atoms with Crippen LogP contribution in [0.2, 0.25) is 0 Å². The number of rotatable bonds is 7. The van der Waals surface area contributed by atoms with Gasteiger partial charge in [-0.1, -0.05) is 24.3 Å². The average Bonchev–Trinajstić information content (AvgIpc) is 2.55. The molecule has 0 N–H and O–H groups in total. The summed E-state index contributed by atoms with van der Waals surface area (Å²) in [7, 11) is -12.1. The van der Waals surface area contributed by atoms with E-state index in [-0.39, 0.29) is 4.90 Å². The molecule has 9 nitrogen and oxygen atoms in total. The van der Waals surface area contributed by atoms with E-state index in [1.54, 1.807) is 6.07 Å². The molecule has 0 saturated heterocycles. The standard InChI is InChI=1S/C14H14O9S3/c1-21-26(19,20)13-10-6-9-12(22-24(2,15)16)14(13)23-25(17,18)11-7-4-3-5-8-11/h3-10H,1-2H3. The molecule has 2 aromatic rings. The minimum absolute atomic E-state index is 0.269. The van der Waals surface area contributed by atoms with Crippen molar-refractivity contribution in [1.82, 2.24) is 0 Å². The van der Waals surface area contributed by atoms with Crippen molar-refractivity contribution in [2.45, 2.75) is 9.79 Å². The van der Waals surface area contributed by atoms with Crippen molar-refractivity contribution in [3.8, 4) is 11.5 Å². The zero-order chi connectivity index (χ0) is 19.6. The Bertz CT molecular complexity index is 1100. The summed E-state index contributed by atoms with van der Waals surface area (Å²) in [5, 5.41) is 0. The Balaban J connectivity index is 2.68. The van der Waals surface area contributed by atoms with Gasteiger partial charge in [0.15, 0.2) is 5.75 Å². The van der Waals surface area contributed by atoms with Crippen LogP contribution in [-0.4, -0.2) is 38.6 Å². The molecule has 0 aliphatic rings. The highest BCUT2D eigenvalue weighted by Crippen LogP contribution is 2.37. The molecule has 0 heterocycles. The fraction of sp³-hybridized carbons (Fsp3) is 0.143. The average molecular weight is 422 g/mol. The van der Waals surface area contributed by atoms with Gasteiger partial charge in [0.25, 0.3) is 0 Å². The summed E-state index contributed by atoms with van der Waals surface area (Å²) in [6.45, 7) is 0. The largest absolute Gasteiger partial charge is 0.378 e. The first-order valence-electron chi connectivity index (χ1n) is 6.79. The molecule has 2 aromatic carbocycles. The van der Waals surface area contributed by atoms with Crippen molar-refractivity contribution in [3.05, 3.63) is 48.5 Å². The van der Waals surface area contributed by atoms with E-state index >= 15 is 0 Å². The molecule has 2 rings (SSSR count). The molecule has 26 heavy (non-hydrogen) atoms. The summed E-state index contributed by atoms with van der Waals surface area (Å²) >= 11 is 0. The van der Waals surface area contributed by atoms with Crippen LogP contribution in [0.1, 0.15) is 0 Å². The van der Waals surface area contributed by atoms with Gasteiger partial charge in [0.2, 0.25) is 5.75 Å². The third-order valence-electron chi connectivity index (χ3n) is 2.90. The van der Waals surface area contributed by atoms with Gasteiger partial charge in [0, 0.05) is 0 Å². The lowest BCUT2D eigenvalue weighted by molar-refractivity contribution is 0.392. The van der Waals surface area contributed by atoms with Gasteiger partial charge in [-0.25, -0.2) is 0 Å². The van der Waals surface area contributed by atoms with E-state index in [2.05, 4.69) is 8.37 Å². The molecular formula is C14H14O9S3. The Morgan fingerprint density at radius 3 is 1.88 bits per heavy atom. The molecule has 12 heteroatoms. The summed E-state index contributed by atoms with van der Waals surface area (Å²) in [5.74, 6) is -1.45. The first-order chi connectivity index (χ1) is 12.0. The first kappa shape index (κ1) is 20.2. The van der Waals surface area contributed by atoms with Gasteiger partial charge in [-0.15, -0.1) is 0 Å². The van der Waals surface area contributed by atoms with Crippen LogP contribution in [0.5, 0.6) is 11.5 Å². The van der Waals surface area contributed by atoms with E-state index in [1.807, 2.05) is 0 Å². The summed E-state index contributed by atoms with van der Waals surface area (Å²) in [4.78, 5) is -0.976. The van der Waals surface area contributed by atoms with Crippen LogP contribution < -0.4 is 8.37 Å². The minimum Gasteiger partial charge on any atom is -0.378 e. The molecule has 0 atom stereocenters. The number of benzene rings is 2. The van der Waals surface area contributed by atoms with E-state index in [4.69, 9.17) is 4.18 Å². The minimum atomic E-state index is -4.48. The molecule has 0 radical (unpaired) electrons. The van der Waals surface area contributed by atoms with Gasteiger partial charge in [-0.3, -0.25) is 4.18 Å². The molecule has 0 aliphatic carbocycles. The normalized spacial score (nSPS) is 12.5. The van der Waals surface area contributed by atoms with Crippen LogP contribution >= 0.6 is 0 Å². The Morgan fingerprint density at radius 2 is 1.35 bits per heavy atom. The van der Waals surface area contributed by atoms with E-state index in [9.17, 15) is 25.3 Å². The van der Waals surface area contributed by atoms with Crippen LogP contribution in [0.3, 0.4) is 0 Å². The summed E-state index contributed by atoms with van der Waals surface area (Å²) < 4.78 is 85.7. The molecule has 0 aliphatic heterocycles. The molecule has 0 fully saturated rings. The quantitative estimate of drug-likeness (QED) is 0.603. The molecule has 0 aromatic heterocycles. The van der Waals surface area contributed by atoms with Crippen molar-refractivity contribution in [3.63, 3.8) is 0 Å². The lowest BCUT2D eigenvalue weighted by atomic mass is 10.3.